The number of nitrogens with zero attached hydrogens (tertiary/aromatic N) is 3. The molecule has 1 unspecified atom stereocenters. The lowest BCUT2D eigenvalue weighted by Crippen LogP contribution is -2.31. The van der Waals surface area contributed by atoms with E-state index in [1.54, 1.807) is 6.07 Å². The number of ether oxygens (including phenoxy) is 1. The summed E-state index contributed by atoms with van der Waals surface area (Å²) in [5.41, 5.74) is -1.93. The molecule has 0 spiro atoms. The van der Waals surface area contributed by atoms with Crippen LogP contribution in [0.2, 0.25) is 0 Å². The molecular weight excluding hydrogens is 500 g/mol. The number of amides is 1. The first kappa shape index (κ1) is 26.2. The second kappa shape index (κ2) is 9.87. The summed E-state index contributed by atoms with van der Waals surface area (Å²) in [5, 5.41) is 0. The molecule has 1 fully saturated rings. The predicted molar refractivity (Wildman–Crippen MR) is 124 cm³/mol. The fraction of sp³-hybridized carbons (Fsp3) is 0.269. The van der Waals surface area contributed by atoms with Crippen LogP contribution in [0, 0.1) is 5.82 Å². The van der Waals surface area contributed by atoms with E-state index in [-0.39, 0.29) is 34.8 Å². The first-order chi connectivity index (χ1) is 17.4. The van der Waals surface area contributed by atoms with Crippen molar-refractivity contribution in [3.8, 4) is 5.75 Å². The van der Waals surface area contributed by atoms with Crippen LogP contribution >= 0.6 is 0 Å². The van der Waals surface area contributed by atoms with E-state index in [2.05, 4.69) is 14.7 Å². The van der Waals surface area contributed by atoms with E-state index in [9.17, 15) is 31.1 Å². The molecule has 1 saturated heterocycles. The van der Waals surface area contributed by atoms with Gasteiger partial charge in [0.05, 0.1) is 17.3 Å². The molecule has 1 aliphatic heterocycles. The van der Waals surface area contributed by atoms with E-state index in [1.807, 2.05) is 0 Å². The SMILES string of the molecule is CC(C)(N=C1CC(c2ccccc2F)N(c2ccc(OC(F)F)cc2)C1=O)c1cccc(C(F)(F)F)n1. The van der Waals surface area contributed by atoms with E-state index >= 15 is 0 Å². The summed E-state index contributed by atoms with van der Waals surface area (Å²) in [4.78, 5) is 23.0. The molecule has 11 heteroatoms. The number of pyridine rings is 1. The number of aromatic nitrogens is 1. The normalized spacial score (nSPS) is 17.6. The maximum Gasteiger partial charge on any atom is 0.433 e. The molecule has 1 aliphatic rings. The van der Waals surface area contributed by atoms with Gasteiger partial charge in [0.15, 0.2) is 0 Å². The van der Waals surface area contributed by atoms with E-state index in [1.165, 1.54) is 73.3 Å². The number of carbonyl (C=O) groups excluding carboxylic acids is 1. The van der Waals surface area contributed by atoms with Gasteiger partial charge in [0.1, 0.15) is 23.0 Å². The first-order valence-corrected chi connectivity index (χ1v) is 11.1. The van der Waals surface area contributed by atoms with Gasteiger partial charge in [0, 0.05) is 17.7 Å². The molecule has 5 nitrogen and oxygen atoms in total. The maximum absolute atomic E-state index is 14.8. The van der Waals surface area contributed by atoms with E-state index in [0.717, 1.165) is 6.07 Å². The lowest BCUT2D eigenvalue weighted by molar-refractivity contribution is -0.141. The Morgan fingerprint density at radius 1 is 0.973 bits per heavy atom. The first-order valence-electron chi connectivity index (χ1n) is 11.1. The van der Waals surface area contributed by atoms with Crippen LogP contribution in [-0.4, -0.2) is 23.2 Å². The second-order valence-corrected chi connectivity index (χ2v) is 8.81. The largest absolute Gasteiger partial charge is 0.435 e. The average molecular weight is 521 g/mol. The van der Waals surface area contributed by atoms with Gasteiger partial charge in [0.2, 0.25) is 0 Å². The Morgan fingerprint density at radius 2 is 1.62 bits per heavy atom. The monoisotopic (exact) mass is 521 g/mol. The van der Waals surface area contributed by atoms with Gasteiger partial charge in [-0.1, -0.05) is 24.3 Å². The molecule has 0 saturated carbocycles. The van der Waals surface area contributed by atoms with Crippen LogP contribution in [0.1, 0.15) is 43.3 Å². The molecular formula is C26H21F6N3O2. The molecule has 0 bridgehead atoms. The number of hydrogen-bond acceptors (Lipinski definition) is 4. The minimum atomic E-state index is -4.66. The Bertz CT molecular complexity index is 1320. The summed E-state index contributed by atoms with van der Waals surface area (Å²) in [6.45, 7) is 0.0101. The minimum absolute atomic E-state index is 0.00276. The molecule has 4 rings (SSSR count). The zero-order valence-electron chi connectivity index (χ0n) is 19.6. The van der Waals surface area contributed by atoms with Crippen molar-refractivity contribution in [3.63, 3.8) is 0 Å². The Balaban J connectivity index is 1.75. The van der Waals surface area contributed by atoms with Gasteiger partial charge in [-0.2, -0.15) is 22.0 Å². The average Bonchev–Trinajstić information content (AvgIpc) is 3.14. The molecule has 1 atom stereocenters. The third-order valence-corrected chi connectivity index (χ3v) is 5.85. The highest BCUT2D eigenvalue weighted by molar-refractivity contribution is 6.46. The zero-order valence-corrected chi connectivity index (χ0v) is 19.6. The quantitative estimate of drug-likeness (QED) is 0.340. The van der Waals surface area contributed by atoms with Gasteiger partial charge < -0.3 is 4.74 Å². The highest BCUT2D eigenvalue weighted by Gasteiger charge is 2.41. The summed E-state index contributed by atoms with van der Waals surface area (Å²) in [5.74, 6) is -1.29. The van der Waals surface area contributed by atoms with Gasteiger partial charge >= 0.3 is 12.8 Å². The van der Waals surface area contributed by atoms with Gasteiger partial charge in [-0.05, 0) is 56.3 Å². The van der Waals surface area contributed by atoms with Crippen molar-refractivity contribution in [2.45, 2.75) is 44.6 Å². The summed E-state index contributed by atoms with van der Waals surface area (Å²) in [7, 11) is 0. The van der Waals surface area contributed by atoms with Crippen molar-refractivity contribution in [2.75, 3.05) is 4.90 Å². The van der Waals surface area contributed by atoms with Crippen LogP contribution in [0.3, 0.4) is 0 Å². The number of aliphatic imine (C=N–C) groups is 1. The fourth-order valence-electron chi connectivity index (χ4n) is 4.14. The van der Waals surface area contributed by atoms with Crippen molar-refractivity contribution in [1.29, 1.82) is 0 Å². The number of hydrogen-bond donors (Lipinski definition) is 0. The number of anilines is 1. The molecule has 0 N–H and O–H groups in total. The Morgan fingerprint density at radius 3 is 2.24 bits per heavy atom. The molecule has 37 heavy (non-hydrogen) atoms. The lowest BCUT2D eigenvalue weighted by Gasteiger charge is -2.25. The summed E-state index contributed by atoms with van der Waals surface area (Å²) in [6.07, 6.45) is -4.70. The van der Waals surface area contributed by atoms with Crippen LogP contribution in [0.25, 0.3) is 0 Å². The van der Waals surface area contributed by atoms with E-state index in [4.69, 9.17) is 0 Å². The smallest absolute Gasteiger partial charge is 0.433 e. The van der Waals surface area contributed by atoms with Crippen molar-refractivity contribution >= 4 is 17.3 Å². The fourth-order valence-corrected chi connectivity index (χ4v) is 4.14. The molecule has 2 aromatic carbocycles. The Hall–Kier alpha value is -3.89. The van der Waals surface area contributed by atoms with Crippen molar-refractivity contribution in [2.24, 2.45) is 4.99 Å². The second-order valence-electron chi connectivity index (χ2n) is 8.81. The summed E-state index contributed by atoms with van der Waals surface area (Å²) < 4.78 is 83.8. The number of benzene rings is 2. The Kier molecular flexibility index (Phi) is 6.98. The maximum atomic E-state index is 14.8. The van der Waals surface area contributed by atoms with E-state index in [0.29, 0.717) is 0 Å². The summed E-state index contributed by atoms with van der Waals surface area (Å²) >= 11 is 0. The van der Waals surface area contributed by atoms with Gasteiger partial charge in [-0.25, -0.2) is 9.37 Å². The van der Waals surface area contributed by atoms with Crippen LogP contribution in [-0.2, 0) is 16.5 Å². The van der Waals surface area contributed by atoms with Gasteiger partial charge in [0.25, 0.3) is 5.91 Å². The molecule has 3 aromatic rings. The molecule has 1 amide bonds. The number of rotatable bonds is 6. The zero-order chi connectivity index (χ0) is 27.0. The molecule has 194 valence electrons. The number of alkyl halides is 5. The number of carbonyl (C=O) groups is 1. The lowest BCUT2D eigenvalue weighted by atomic mass is 9.99. The van der Waals surface area contributed by atoms with Crippen molar-refractivity contribution in [3.05, 3.63) is 89.5 Å². The number of halogens is 6. The third kappa shape index (κ3) is 5.60. The van der Waals surface area contributed by atoms with Gasteiger partial charge in [-0.15, -0.1) is 0 Å². The molecule has 0 radical (unpaired) electrons. The molecule has 2 heterocycles. The third-order valence-electron chi connectivity index (χ3n) is 5.85. The molecule has 0 aliphatic carbocycles. The van der Waals surface area contributed by atoms with Crippen molar-refractivity contribution < 1.29 is 35.9 Å². The summed E-state index contributed by atoms with van der Waals surface area (Å²) in [6, 6.07) is 13.7. The van der Waals surface area contributed by atoms with E-state index < -0.39 is 41.8 Å². The van der Waals surface area contributed by atoms with Gasteiger partial charge in [-0.3, -0.25) is 14.7 Å². The highest BCUT2D eigenvalue weighted by atomic mass is 19.4. The Labute approximate surface area is 208 Å². The van der Waals surface area contributed by atoms with Crippen molar-refractivity contribution in [1.82, 2.24) is 4.98 Å². The van der Waals surface area contributed by atoms with Crippen LogP contribution in [0.15, 0.2) is 71.7 Å². The van der Waals surface area contributed by atoms with Crippen LogP contribution < -0.4 is 9.64 Å². The van der Waals surface area contributed by atoms with Crippen LogP contribution in [0.5, 0.6) is 5.75 Å². The topological polar surface area (TPSA) is 54.8 Å². The highest BCUT2D eigenvalue weighted by Crippen LogP contribution is 2.39. The van der Waals surface area contributed by atoms with Crippen LogP contribution in [0.4, 0.5) is 32.0 Å². The standard InChI is InChI=1S/C26H21F6N3O2/c1-25(2,21-8-5-9-22(33-21)26(30,31)32)34-19-14-20(17-6-3-4-7-18(17)27)35(23(19)36)15-10-12-16(13-11-15)37-24(28)29/h3-13,20,24H,14H2,1-2H3. The molecule has 1 aromatic heterocycles. The predicted octanol–water partition coefficient (Wildman–Crippen LogP) is 6.70. The minimum Gasteiger partial charge on any atom is -0.435 e.